The van der Waals surface area contributed by atoms with Crippen molar-refractivity contribution in [2.75, 3.05) is 12.4 Å². The van der Waals surface area contributed by atoms with Crippen molar-refractivity contribution >= 4 is 16.1 Å². The van der Waals surface area contributed by atoms with Gasteiger partial charge < -0.3 is 14.4 Å². The summed E-state index contributed by atoms with van der Waals surface area (Å²) in [5, 5.41) is 9.22. The van der Waals surface area contributed by atoms with Gasteiger partial charge in [-0.05, 0) is 25.7 Å². The highest BCUT2D eigenvalue weighted by molar-refractivity contribution is 7.85. The summed E-state index contributed by atoms with van der Waals surface area (Å²) in [6, 6.07) is 0. The fourth-order valence-corrected chi connectivity index (χ4v) is 1.96. The molecule has 0 unspecified atom stereocenters. The van der Waals surface area contributed by atoms with Crippen molar-refractivity contribution < 1.29 is 27.6 Å². The molecular weight excluding hydrogens is 236 g/mol. The second-order valence-corrected chi connectivity index (χ2v) is 5.46. The molecule has 0 heterocycles. The first-order valence-electron chi connectivity index (χ1n) is 5.17. The number of hydrogen-bond donors (Lipinski definition) is 1. The minimum absolute atomic E-state index is 0.280. The molecule has 0 saturated heterocycles. The van der Waals surface area contributed by atoms with E-state index in [4.69, 9.17) is 4.74 Å². The zero-order valence-corrected chi connectivity index (χ0v) is 9.61. The summed E-state index contributed by atoms with van der Waals surface area (Å²) in [5.74, 6) is -1.44. The summed E-state index contributed by atoms with van der Waals surface area (Å²) in [4.78, 5) is 11.4. The molecule has 0 aromatic heterocycles. The summed E-state index contributed by atoms with van der Waals surface area (Å²) in [5.41, 5.74) is 0. The number of aliphatic hydroxyl groups is 1. The molecule has 0 radical (unpaired) electrons. The fraction of sp³-hybridized carbons (Fsp3) is 0.889. The normalized spacial score (nSPS) is 26.4. The first kappa shape index (κ1) is 13.4. The lowest BCUT2D eigenvalue weighted by molar-refractivity contribution is -0.149. The van der Waals surface area contributed by atoms with Crippen LogP contribution in [0.1, 0.15) is 25.7 Å². The van der Waals surface area contributed by atoms with E-state index in [1.807, 2.05) is 0 Å². The first-order valence-corrected chi connectivity index (χ1v) is 6.74. The number of carbonyl (C=O) groups is 1. The number of aliphatic hydroxyl groups excluding tert-OH is 1. The molecule has 0 aromatic carbocycles. The maximum absolute atomic E-state index is 11.4. The molecular formula is C9H15O6S-. The SMILES string of the molecule is O=C(OCCS(=O)(=O)[O-])C1CCC(O)CC1. The molecule has 94 valence electrons. The summed E-state index contributed by atoms with van der Waals surface area (Å²) >= 11 is 0. The average Bonchev–Trinajstić information content (AvgIpc) is 2.16. The van der Waals surface area contributed by atoms with Crippen LogP contribution in [0.3, 0.4) is 0 Å². The molecule has 0 aromatic rings. The van der Waals surface area contributed by atoms with Crippen molar-refractivity contribution in [2.24, 2.45) is 5.92 Å². The van der Waals surface area contributed by atoms with Gasteiger partial charge in [-0.25, -0.2) is 8.42 Å². The van der Waals surface area contributed by atoms with Gasteiger partial charge in [-0.3, -0.25) is 4.79 Å². The highest BCUT2D eigenvalue weighted by Crippen LogP contribution is 2.25. The number of ether oxygens (including phenoxy) is 1. The Morgan fingerprint density at radius 2 is 1.88 bits per heavy atom. The Morgan fingerprint density at radius 3 is 2.38 bits per heavy atom. The highest BCUT2D eigenvalue weighted by Gasteiger charge is 2.26. The van der Waals surface area contributed by atoms with Gasteiger partial charge in [-0.15, -0.1) is 0 Å². The van der Waals surface area contributed by atoms with Gasteiger partial charge in [0.05, 0.1) is 27.9 Å². The topological polar surface area (TPSA) is 104 Å². The van der Waals surface area contributed by atoms with Gasteiger partial charge in [0.15, 0.2) is 0 Å². The molecule has 0 aliphatic heterocycles. The van der Waals surface area contributed by atoms with E-state index in [0.717, 1.165) is 0 Å². The van der Waals surface area contributed by atoms with Crippen LogP contribution in [-0.4, -0.2) is 42.5 Å². The van der Waals surface area contributed by atoms with E-state index in [1.165, 1.54) is 0 Å². The lowest BCUT2D eigenvalue weighted by Gasteiger charge is -2.23. The average molecular weight is 251 g/mol. The summed E-state index contributed by atoms with van der Waals surface area (Å²) in [6.07, 6.45) is 1.85. The Labute approximate surface area is 94.4 Å². The van der Waals surface area contributed by atoms with Gasteiger partial charge in [0.2, 0.25) is 0 Å². The number of carbonyl (C=O) groups excluding carboxylic acids is 1. The minimum atomic E-state index is -4.33. The van der Waals surface area contributed by atoms with Crippen molar-refractivity contribution in [3.63, 3.8) is 0 Å². The third kappa shape index (κ3) is 4.91. The molecule has 0 spiro atoms. The van der Waals surface area contributed by atoms with E-state index in [2.05, 4.69) is 0 Å². The summed E-state index contributed by atoms with van der Waals surface area (Å²) in [7, 11) is -4.33. The Kier molecular flexibility index (Phi) is 4.69. The number of hydrogen-bond acceptors (Lipinski definition) is 6. The monoisotopic (exact) mass is 251 g/mol. The maximum atomic E-state index is 11.4. The molecule has 0 atom stereocenters. The fourth-order valence-electron chi connectivity index (χ4n) is 1.67. The Hall–Kier alpha value is -0.660. The van der Waals surface area contributed by atoms with Crippen LogP contribution in [-0.2, 0) is 19.6 Å². The van der Waals surface area contributed by atoms with Crippen molar-refractivity contribution in [3.8, 4) is 0 Å². The van der Waals surface area contributed by atoms with E-state index in [9.17, 15) is 22.9 Å². The molecule has 6 nitrogen and oxygen atoms in total. The predicted molar refractivity (Wildman–Crippen MR) is 53.5 cm³/mol. The maximum Gasteiger partial charge on any atom is 0.308 e. The van der Waals surface area contributed by atoms with E-state index < -0.39 is 21.8 Å². The summed E-state index contributed by atoms with van der Waals surface area (Å²) in [6.45, 7) is -0.385. The smallest absolute Gasteiger partial charge is 0.308 e. The van der Waals surface area contributed by atoms with Gasteiger partial charge in [-0.1, -0.05) is 0 Å². The van der Waals surface area contributed by atoms with Crippen LogP contribution in [0, 0.1) is 5.92 Å². The van der Waals surface area contributed by atoms with Gasteiger partial charge in [0.1, 0.15) is 6.61 Å². The third-order valence-corrected chi connectivity index (χ3v) is 3.27. The molecule has 1 N–H and O–H groups in total. The second kappa shape index (κ2) is 5.60. The molecule has 7 heteroatoms. The molecule has 1 aliphatic carbocycles. The Morgan fingerprint density at radius 1 is 1.31 bits per heavy atom. The predicted octanol–water partition coefficient (Wildman–Crippen LogP) is -0.374. The lowest BCUT2D eigenvalue weighted by atomic mass is 9.88. The molecule has 1 rings (SSSR count). The summed E-state index contributed by atoms with van der Waals surface area (Å²) < 4.78 is 35.4. The van der Waals surface area contributed by atoms with Crippen LogP contribution >= 0.6 is 0 Å². The van der Waals surface area contributed by atoms with Crippen LogP contribution < -0.4 is 0 Å². The van der Waals surface area contributed by atoms with Crippen molar-refractivity contribution in [1.82, 2.24) is 0 Å². The molecule has 16 heavy (non-hydrogen) atoms. The zero-order chi connectivity index (χ0) is 12.2. The largest absolute Gasteiger partial charge is 0.748 e. The molecule has 1 saturated carbocycles. The minimum Gasteiger partial charge on any atom is -0.748 e. The van der Waals surface area contributed by atoms with Crippen LogP contribution in [0.2, 0.25) is 0 Å². The molecule has 1 aliphatic rings. The molecule has 1 fully saturated rings. The number of esters is 1. The lowest BCUT2D eigenvalue weighted by Crippen LogP contribution is -2.27. The van der Waals surface area contributed by atoms with E-state index in [1.54, 1.807) is 0 Å². The van der Waals surface area contributed by atoms with Crippen LogP contribution in [0.25, 0.3) is 0 Å². The van der Waals surface area contributed by atoms with E-state index in [-0.39, 0.29) is 18.6 Å². The molecule has 0 amide bonds. The van der Waals surface area contributed by atoms with Crippen LogP contribution in [0.4, 0.5) is 0 Å². The van der Waals surface area contributed by atoms with Gasteiger partial charge >= 0.3 is 5.97 Å². The first-order chi connectivity index (χ1) is 7.38. The van der Waals surface area contributed by atoms with Gasteiger partial charge in [0, 0.05) is 0 Å². The quantitative estimate of drug-likeness (QED) is 0.540. The van der Waals surface area contributed by atoms with Crippen LogP contribution in [0.15, 0.2) is 0 Å². The van der Waals surface area contributed by atoms with Gasteiger partial charge in [0.25, 0.3) is 0 Å². The van der Waals surface area contributed by atoms with Gasteiger partial charge in [-0.2, -0.15) is 0 Å². The van der Waals surface area contributed by atoms with Crippen molar-refractivity contribution in [2.45, 2.75) is 31.8 Å². The zero-order valence-electron chi connectivity index (χ0n) is 8.79. The highest BCUT2D eigenvalue weighted by atomic mass is 32.2. The second-order valence-electron chi connectivity index (χ2n) is 3.93. The third-order valence-electron chi connectivity index (χ3n) is 2.61. The van der Waals surface area contributed by atoms with Crippen molar-refractivity contribution in [1.29, 1.82) is 0 Å². The standard InChI is InChI=1S/C9H16O6S/c10-8-3-1-7(2-4-8)9(11)15-5-6-16(12,13)14/h7-8,10H,1-6H2,(H,12,13,14)/p-1. The molecule has 0 bridgehead atoms. The Bertz CT molecular complexity index is 328. The van der Waals surface area contributed by atoms with Crippen molar-refractivity contribution in [3.05, 3.63) is 0 Å². The number of rotatable bonds is 4. The van der Waals surface area contributed by atoms with E-state index >= 15 is 0 Å². The van der Waals surface area contributed by atoms with Crippen LogP contribution in [0.5, 0.6) is 0 Å². The van der Waals surface area contributed by atoms with E-state index in [0.29, 0.717) is 25.7 Å². The Balaban J connectivity index is 2.25.